The van der Waals surface area contributed by atoms with Crippen LogP contribution in [0, 0.1) is 0 Å². The number of ether oxygens (including phenoxy) is 1. The molecule has 7 heteroatoms. The van der Waals surface area contributed by atoms with Gasteiger partial charge < -0.3 is 10.5 Å². The third-order valence-corrected chi connectivity index (χ3v) is 3.14. The Morgan fingerprint density at radius 3 is 2.86 bits per heavy atom. The quantitative estimate of drug-likeness (QED) is 0.296. The van der Waals surface area contributed by atoms with Crippen LogP contribution in [0.5, 0.6) is 0 Å². The molecular formula is C15H14BrN3O3. The Kier molecular flexibility index (Phi) is 5.48. The van der Waals surface area contributed by atoms with E-state index in [0.717, 1.165) is 4.47 Å². The fourth-order valence-electron chi connectivity index (χ4n) is 1.70. The number of aromatic nitrogens is 1. The average Bonchev–Trinajstić information content (AvgIpc) is 2.52. The van der Waals surface area contributed by atoms with E-state index >= 15 is 0 Å². The van der Waals surface area contributed by atoms with Crippen molar-refractivity contribution in [2.24, 2.45) is 5.16 Å². The molecule has 0 radical (unpaired) electrons. The molecule has 1 heterocycles. The number of nitrogen functional groups attached to an aromatic ring is 1. The molecule has 2 aromatic rings. The molecule has 2 rings (SSSR count). The van der Waals surface area contributed by atoms with Gasteiger partial charge in [0.1, 0.15) is 5.71 Å². The van der Waals surface area contributed by atoms with E-state index in [0.29, 0.717) is 22.7 Å². The molecule has 0 saturated heterocycles. The summed E-state index contributed by atoms with van der Waals surface area (Å²) in [6.45, 7) is 1.88. The largest absolute Gasteiger partial charge is 0.535 e. The number of nitrogens with two attached hydrogens (primary N) is 1. The maximum absolute atomic E-state index is 11.3. The summed E-state index contributed by atoms with van der Waals surface area (Å²) in [6.07, 6.45) is 0.730. The summed E-state index contributed by atoms with van der Waals surface area (Å²) < 4.78 is 5.51. The summed E-state index contributed by atoms with van der Waals surface area (Å²) in [5, 5.41) is 3.86. The summed E-state index contributed by atoms with van der Waals surface area (Å²) in [5.41, 5.74) is 7.94. The monoisotopic (exact) mass is 363 g/mol. The van der Waals surface area contributed by atoms with Crippen LogP contribution in [0.4, 0.5) is 10.5 Å². The molecule has 0 amide bonds. The van der Waals surface area contributed by atoms with Gasteiger partial charge in [0.25, 0.3) is 0 Å². The first kappa shape index (κ1) is 16.0. The van der Waals surface area contributed by atoms with Crippen LogP contribution in [0.15, 0.2) is 52.2 Å². The van der Waals surface area contributed by atoms with E-state index in [4.69, 9.17) is 10.6 Å². The second-order valence-corrected chi connectivity index (χ2v) is 5.08. The molecule has 0 bridgehead atoms. The third kappa shape index (κ3) is 4.05. The van der Waals surface area contributed by atoms with Crippen molar-refractivity contribution < 1.29 is 14.4 Å². The number of anilines is 1. The molecule has 6 nitrogen and oxygen atoms in total. The van der Waals surface area contributed by atoms with Crippen LogP contribution in [0.3, 0.4) is 0 Å². The number of hydrogen-bond donors (Lipinski definition) is 1. The SMILES string of the molecule is CCOC(=O)O/N=C(\c1ccccn1)c1cc(Br)ccc1N. The minimum absolute atomic E-state index is 0.201. The Balaban J connectivity index is 2.44. The minimum Gasteiger partial charge on any atom is -0.433 e. The van der Waals surface area contributed by atoms with Gasteiger partial charge in [0.05, 0.1) is 12.3 Å². The average molecular weight is 364 g/mol. The van der Waals surface area contributed by atoms with Crippen LogP contribution >= 0.6 is 15.9 Å². The number of halogens is 1. The predicted octanol–water partition coefficient (Wildman–Crippen LogP) is 3.35. The Bertz CT molecular complexity index is 690. The highest BCUT2D eigenvalue weighted by atomic mass is 79.9. The first-order valence-electron chi connectivity index (χ1n) is 6.50. The molecule has 0 aliphatic carbocycles. The zero-order chi connectivity index (χ0) is 15.9. The van der Waals surface area contributed by atoms with Gasteiger partial charge in [-0.3, -0.25) is 9.82 Å². The van der Waals surface area contributed by atoms with E-state index in [1.54, 1.807) is 49.5 Å². The Hall–Kier alpha value is -2.41. The van der Waals surface area contributed by atoms with E-state index in [9.17, 15) is 4.79 Å². The first-order valence-corrected chi connectivity index (χ1v) is 7.29. The molecule has 0 saturated carbocycles. The molecule has 0 atom stereocenters. The Labute approximate surface area is 136 Å². The molecule has 0 fully saturated rings. The standard InChI is InChI=1S/C15H14BrN3O3/c1-2-21-15(20)22-19-14(13-5-3-4-8-18-13)11-9-10(16)6-7-12(11)17/h3-9H,2,17H2,1H3/b19-14-. The lowest BCUT2D eigenvalue weighted by molar-refractivity contribution is 0.0614. The number of hydrogen-bond acceptors (Lipinski definition) is 6. The maximum Gasteiger partial charge on any atom is 0.535 e. The van der Waals surface area contributed by atoms with E-state index in [1.807, 2.05) is 0 Å². The fraction of sp³-hybridized carbons (Fsp3) is 0.133. The molecular weight excluding hydrogens is 350 g/mol. The van der Waals surface area contributed by atoms with Gasteiger partial charge in [0.15, 0.2) is 0 Å². The molecule has 1 aromatic carbocycles. The lowest BCUT2D eigenvalue weighted by atomic mass is 10.1. The molecule has 114 valence electrons. The van der Waals surface area contributed by atoms with E-state index in [-0.39, 0.29) is 6.61 Å². The summed E-state index contributed by atoms with van der Waals surface area (Å²) in [7, 11) is 0. The Morgan fingerprint density at radius 1 is 1.36 bits per heavy atom. The number of carbonyl (C=O) groups is 1. The van der Waals surface area contributed by atoms with E-state index < -0.39 is 6.16 Å². The number of pyridine rings is 1. The van der Waals surface area contributed by atoms with Crippen molar-refractivity contribution in [1.29, 1.82) is 0 Å². The molecule has 1 aromatic heterocycles. The zero-order valence-corrected chi connectivity index (χ0v) is 13.4. The predicted molar refractivity (Wildman–Crippen MR) is 86.5 cm³/mol. The van der Waals surface area contributed by atoms with Crippen molar-refractivity contribution >= 4 is 33.5 Å². The van der Waals surface area contributed by atoms with E-state index in [2.05, 4.69) is 30.8 Å². The summed E-state index contributed by atoms with van der Waals surface area (Å²) in [5.74, 6) is 0. The second-order valence-electron chi connectivity index (χ2n) is 4.16. The molecule has 22 heavy (non-hydrogen) atoms. The number of rotatable bonds is 4. The van der Waals surface area contributed by atoms with Crippen LogP contribution in [-0.4, -0.2) is 23.5 Å². The highest BCUT2D eigenvalue weighted by Crippen LogP contribution is 2.21. The maximum atomic E-state index is 11.3. The highest BCUT2D eigenvalue weighted by molar-refractivity contribution is 9.10. The minimum atomic E-state index is -0.885. The van der Waals surface area contributed by atoms with Crippen molar-refractivity contribution in [3.05, 3.63) is 58.3 Å². The van der Waals surface area contributed by atoms with Gasteiger partial charge in [0.2, 0.25) is 0 Å². The molecule has 2 N–H and O–H groups in total. The number of oxime groups is 1. The topological polar surface area (TPSA) is 86.8 Å². The van der Waals surface area contributed by atoms with Crippen molar-refractivity contribution in [3.63, 3.8) is 0 Å². The van der Waals surface area contributed by atoms with Crippen LogP contribution in [0.2, 0.25) is 0 Å². The van der Waals surface area contributed by atoms with Gasteiger partial charge in [0, 0.05) is 21.9 Å². The van der Waals surface area contributed by atoms with Crippen molar-refractivity contribution in [1.82, 2.24) is 4.98 Å². The van der Waals surface area contributed by atoms with E-state index in [1.165, 1.54) is 0 Å². The van der Waals surface area contributed by atoms with Gasteiger partial charge in [-0.1, -0.05) is 27.2 Å². The zero-order valence-electron chi connectivity index (χ0n) is 11.8. The lowest BCUT2D eigenvalue weighted by Crippen LogP contribution is -2.12. The van der Waals surface area contributed by atoms with Crippen molar-refractivity contribution in [2.45, 2.75) is 6.92 Å². The number of nitrogens with zero attached hydrogens (tertiary/aromatic N) is 2. The van der Waals surface area contributed by atoms with Crippen molar-refractivity contribution in [2.75, 3.05) is 12.3 Å². The van der Waals surface area contributed by atoms with Crippen molar-refractivity contribution in [3.8, 4) is 0 Å². The summed E-state index contributed by atoms with van der Waals surface area (Å²) in [6, 6.07) is 10.6. The Morgan fingerprint density at radius 2 is 2.18 bits per heavy atom. The van der Waals surface area contributed by atoms with Gasteiger partial charge in [-0.05, 0) is 37.3 Å². The van der Waals surface area contributed by atoms with Crippen LogP contribution in [0.25, 0.3) is 0 Å². The highest BCUT2D eigenvalue weighted by Gasteiger charge is 2.14. The molecule has 0 spiro atoms. The van der Waals surface area contributed by atoms with Crippen LogP contribution in [0.1, 0.15) is 18.2 Å². The molecule has 0 aliphatic heterocycles. The molecule has 0 unspecified atom stereocenters. The normalized spacial score (nSPS) is 11.1. The summed E-state index contributed by atoms with van der Waals surface area (Å²) in [4.78, 5) is 20.3. The smallest absolute Gasteiger partial charge is 0.433 e. The van der Waals surface area contributed by atoms with Gasteiger partial charge in [-0.25, -0.2) is 4.79 Å². The second kappa shape index (κ2) is 7.56. The van der Waals surface area contributed by atoms with Crippen LogP contribution < -0.4 is 5.73 Å². The third-order valence-electron chi connectivity index (χ3n) is 2.65. The lowest BCUT2D eigenvalue weighted by Gasteiger charge is -2.09. The number of benzene rings is 1. The fourth-order valence-corrected chi connectivity index (χ4v) is 2.06. The first-order chi connectivity index (χ1) is 10.6. The van der Waals surface area contributed by atoms with Gasteiger partial charge >= 0.3 is 6.16 Å². The van der Waals surface area contributed by atoms with Gasteiger partial charge in [-0.2, -0.15) is 0 Å². The number of carbonyl (C=O) groups excluding carboxylic acids is 1. The molecule has 0 aliphatic rings. The van der Waals surface area contributed by atoms with Crippen LogP contribution in [-0.2, 0) is 9.57 Å². The summed E-state index contributed by atoms with van der Waals surface area (Å²) >= 11 is 3.38. The van der Waals surface area contributed by atoms with Gasteiger partial charge in [-0.15, -0.1) is 0 Å².